The van der Waals surface area contributed by atoms with Crippen LogP contribution in [0.25, 0.3) is 0 Å². The lowest BCUT2D eigenvalue weighted by Gasteiger charge is -2.12. The van der Waals surface area contributed by atoms with Crippen LogP contribution < -0.4 is 11.5 Å². The summed E-state index contributed by atoms with van der Waals surface area (Å²) < 4.78 is 0. The standard InChI is InChI=1S/C10H13N3/c1-7-3-2-4-8(10(7)13)9(12)5-6-11/h2-4,9H,5,12-13H2,1H3/t9-/m0/s1. The van der Waals surface area contributed by atoms with Crippen molar-refractivity contribution in [3.8, 4) is 6.07 Å². The molecule has 0 saturated heterocycles. The number of hydrogen-bond donors (Lipinski definition) is 2. The lowest BCUT2D eigenvalue weighted by molar-refractivity contribution is 0.750. The Labute approximate surface area is 78.0 Å². The molecule has 1 atom stereocenters. The summed E-state index contributed by atoms with van der Waals surface area (Å²) in [6.07, 6.45) is 0.299. The number of nitriles is 1. The van der Waals surface area contributed by atoms with Gasteiger partial charge in [-0.2, -0.15) is 5.26 Å². The smallest absolute Gasteiger partial charge is 0.0641 e. The molecule has 4 N–H and O–H groups in total. The maximum atomic E-state index is 8.49. The van der Waals surface area contributed by atoms with E-state index in [1.54, 1.807) is 0 Å². The summed E-state index contributed by atoms with van der Waals surface area (Å²) in [5.74, 6) is 0. The predicted molar refractivity (Wildman–Crippen MR) is 52.7 cm³/mol. The average molecular weight is 175 g/mol. The van der Waals surface area contributed by atoms with Crippen LogP contribution in [0.15, 0.2) is 18.2 Å². The van der Waals surface area contributed by atoms with E-state index in [1.165, 1.54) is 0 Å². The Morgan fingerprint density at radius 3 is 2.85 bits per heavy atom. The first-order chi connectivity index (χ1) is 6.16. The van der Waals surface area contributed by atoms with Gasteiger partial charge in [-0.25, -0.2) is 0 Å². The van der Waals surface area contributed by atoms with E-state index in [2.05, 4.69) is 0 Å². The summed E-state index contributed by atoms with van der Waals surface area (Å²) in [5, 5.41) is 8.49. The number of nitrogens with two attached hydrogens (primary N) is 2. The second-order valence-electron chi connectivity index (χ2n) is 3.05. The zero-order valence-electron chi connectivity index (χ0n) is 7.62. The van der Waals surface area contributed by atoms with Gasteiger partial charge in [-0.15, -0.1) is 0 Å². The summed E-state index contributed by atoms with van der Waals surface area (Å²) in [6.45, 7) is 1.93. The second-order valence-corrected chi connectivity index (χ2v) is 3.05. The first kappa shape index (κ1) is 9.56. The van der Waals surface area contributed by atoms with Crippen LogP contribution in [-0.4, -0.2) is 0 Å². The SMILES string of the molecule is Cc1cccc([C@@H](N)CC#N)c1N. The highest BCUT2D eigenvalue weighted by atomic mass is 14.7. The van der Waals surface area contributed by atoms with E-state index < -0.39 is 0 Å². The molecule has 68 valence electrons. The van der Waals surface area contributed by atoms with Crippen molar-refractivity contribution < 1.29 is 0 Å². The molecule has 13 heavy (non-hydrogen) atoms. The van der Waals surface area contributed by atoms with Crippen molar-refractivity contribution >= 4 is 5.69 Å². The van der Waals surface area contributed by atoms with Gasteiger partial charge in [0.25, 0.3) is 0 Å². The molecular weight excluding hydrogens is 162 g/mol. The Kier molecular flexibility index (Phi) is 2.88. The Morgan fingerprint density at radius 2 is 2.23 bits per heavy atom. The average Bonchev–Trinajstić information content (AvgIpc) is 2.10. The molecule has 0 amide bonds. The van der Waals surface area contributed by atoms with Crippen molar-refractivity contribution in [2.45, 2.75) is 19.4 Å². The van der Waals surface area contributed by atoms with Crippen LogP contribution in [0.3, 0.4) is 0 Å². The molecule has 0 aromatic heterocycles. The number of nitrogen functional groups attached to an aromatic ring is 1. The monoisotopic (exact) mass is 175 g/mol. The van der Waals surface area contributed by atoms with Crippen LogP contribution in [0.1, 0.15) is 23.6 Å². The minimum absolute atomic E-state index is 0.273. The highest BCUT2D eigenvalue weighted by Gasteiger charge is 2.09. The van der Waals surface area contributed by atoms with Gasteiger partial charge in [0.1, 0.15) is 0 Å². The number of nitrogens with zero attached hydrogens (tertiary/aromatic N) is 1. The summed E-state index contributed by atoms with van der Waals surface area (Å²) in [6, 6.07) is 7.45. The molecule has 0 radical (unpaired) electrons. The third kappa shape index (κ3) is 1.98. The van der Waals surface area contributed by atoms with Gasteiger partial charge < -0.3 is 11.5 Å². The van der Waals surface area contributed by atoms with Gasteiger partial charge >= 0.3 is 0 Å². The van der Waals surface area contributed by atoms with E-state index in [4.69, 9.17) is 16.7 Å². The molecule has 0 unspecified atom stereocenters. The summed E-state index contributed by atoms with van der Waals surface area (Å²) in [5.41, 5.74) is 14.2. The largest absolute Gasteiger partial charge is 0.398 e. The zero-order valence-corrected chi connectivity index (χ0v) is 7.62. The van der Waals surface area contributed by atoms with Crippen LogP contribution in [-0.2, 0) is 0 Å². The lowest BCUT2D eigenvalue weighted by atomic mass is 10.0. The van der Waals surface area contributed by atoms with Gasteiger partial charge in [0.2, 0.25) is 0 Å². The van der Waals surface area contributed by atoms with E-state index in [-0.39, 0.29) is 6.04 Å². The highest BCUT2D eigenvalue weighted by Crippen LogP contribution is 2.23. The molecule has 3 heteroatoms. The van der Waals surface area contributed by atoms with E-state index in [9.17, 15) is 0 Å². The Balaban J connectivity index is 3.02. The molecule has 0 saturated carbocycles. The minimum Gasteiger partial charge on any atom is -0.398 e. The summed E-state index contributed by atoms with van der Waals surface area (Å²) in [4.78, 5) is 0. The first-order valence-corrected chi connectivity index (χ1v) is 4.14. The van der Waals surface area contributed by atoms with E-state index in [0.717, 1.165) is 11.1 Å². The topological polar surface area (TPSA) is 75.8 Å². The molecule has 0 spiro atoms. The van der Waals surface area contributed by atoms with Gasteiger partial charge in [-0.1, -0.05) is 18.2 Å². The van der Waals surface area contributed by atoms with Gasteiger partial charge in [-0.05, 0) is 18.1 Å². The number of para-hydroxylation sites is 1. The van der Waals surface area contributed by atoms with Crippen molar-refractivity contribution in [2.75, 3.05) is 5.73 Å². The van der Waals surface area contributed by atoms with Crippen LogP contribution in [0.5, 0.6) is 0 Å². The highest BCUT2D eigenvalue weighted by molar-refractivity contribution is 5.54. The van der Waals surface area contributed by atoms with Crippen molar-refractivity contribution in [1.82, 2.24) is 0 Å². The molecular formula is C10H13N3. The lowest BCUT2D eigenvalue weighted by Crippen LogP contribution is -2.12. The van der Waals surface area contributed by atoms with Crippen molar-refractivity contribution in [2.24, 2.45) is 5.73 Å². The summed E-state index contributed by atoms with van der Waals surface area (Å²) in [7, 11) is 0. The third-order valence-corrected chi connectivity index (χ3v) is 2.07. The number of hydrogen-bond acceptors (Lipinski definition) is 3. The Hall–Kier alpha value is -1.53. The normalized spacial score (nSPS) is 12.1. The van der Waals surface area contributed by atoms with Crippen molar-refractivity contribution in [3.63, 3.8) is 0 Å². The molecule has 0 heterocycles. The number of benzene rings is 1. The fraction of sp³-hybridized carbons (Fsp3) is 0.300. The number of rotatable bonds is 2. The van der Waals surface area contributed by atoms with Gasteiger partial charge in [0.05, 0.1) is 12.5 Å². The van der Waals surface area contributed by atoms with Crippen LogP contribution in [0.2, 0.25) is 0 Å². The van der Waals surface area contributed by atoms with E-state index >= 15 is 0 Å². The van der Waals surface area contributed by atoms with Crippen LogP contribution in [0.4, 0.5) is 5.69 Å². The quantitative estimate of drug-likeness (QED) is 0.668. The molecule has 0 bridgehead atoms. The van der Waals surface area contributed by atoms with E-state index in [0.29, 0.717) is 12.1 Å². The molecule has 0 aliphatic rings. The third-order valence-electron chi connectivity index (χ3n) is 2.07. The van der Waals surface area contributed by atoms with Crippen molar-refractivity contribution in [3.05, 3.63) is 29.3 Å². The molecule has 3 nitrogen and oxygen atoms in total. The van der Waals surface area contributed by atoms with Gasteiger partial charge in [-0.3, -0.25) is 0 Å². The van der Waals surface area contributed by atoms with E-state index in [1.807, 2.05) is 31.2 Å². The second kappa shape index (κ2) is 3.92. The number of aryl methyl sites for hydroxylation is 1. The van der Waals surface area contributed by atoms with Gasteiger partial charge in [0, 0.05) is 11.7 Å². The van der Waals surface area contributed by atoms with Crippen LogP contribution in [0, 0.1) is 18.3 Å². The minimum atomic E-state index is -0.273. The molecule has 0 aliphatic heterocycles. The molecule has 0 aliphatic carbocycles. The predicted octanol–water partition coefficient (Wildman–Crippen LogP) is 1.49. The zero-order chi connectivity index (χ0) is 9.84. The Bertz CT molecular complexity index is 339. The molecule has 1 aromatic carbocycles. The van der Waals surface area contributed by atoms with Crippen molar-refractivity contribution in [1.29, 1.82) is 5.26 Å². The van der Waals surface area contributed by atoms with Gasteiger partial charge in [0.15, 0.2) is 0 Å². The Morgan fingerprint density at radius 1 is 1.54 bits per heavy atom. The summed E-state index contributed by atoms with van der Waals surface area (Å²) >= 11 is 0. The van der Waals surface area contributed by atoms with Crippen LogP contribution >= 0.6 is 0 Å². The number of anilines is 1. The fourth-order valence-corrected chi connectivity index (χ4v) is 1.23. The maximum absolute atomic E-state index is 8.49. The molecule has 1 aromatic rings. The molecule has 1 rings (SSSR count). The fourth-order valence-electron chi connectivity index (χ4n) is 1.23. The first-order valence-electron chi connectivity index (χ1n) is 4.14. The molecule has 0 fully saturated rings. The maximum Gasteiger partial charge on any atom is 0.0641 e.